The van der Waals surface area contributed by atoms with Crippen LogP contribution < -0.4 is 5.32 Å². The number of carbonyl (C=O) groups excluding carboxylic acids is 1. The predicted molar refractivity (Wildman–Crippen MR) is 120 cm³/mol. The first-order valence-electron chi connectivity index (χ1n) is 9.60. The molecular weight excluding hydrogens is 458 g/mol. The third-order valence-electron chi connectivity index (χ3n) is 4.79. The van der Waals surface area contributed by atoms with Gasteiger partial charge in [0.25, 0.3) is 5.91 Å². The number of thiazole rings is 1. The Bertz CT molecular complexity index is 1170. The molecule has 162 valence electrons. The number of carbonyl (C=O) groups is 1. The molecule has 31 heavy (non-hydrogen) atoms. The van der Waals surface area contributed by atoms with Crippen LogP contribution in [-0.4, -0.2) is 49.9 Å². The van der Waals surface area contributed by atoms with E-state index in [2.05, 4.69) is 10.3 Å². The van der Waals surface area contributed by atoms with Gasteiger partial charge in [-0.25, -0.2) is 13.4 Å². The average Bonchev–Trinajstić information content (AvgIpc) is 3.29. The molecule has 1 N–H and O–H groups in total. The number of morpholine rings is 1. The number of nitrogens with zero attached hydrogens (tertiary/aromatic N) is 2. The zero-order valence-corrected chi connectivity index (χ0v) is 18.8. The maximum absolute atomic E-state index is 12.7. The third kappa shape index (κ3) is 5.13. The van der Waals surface area contributed by atoms with Crippen LogP contribution in [0.4, 0.5) is 0 Å². The fourth-order valence-electron chi connectivity index (χ4n) is 3.12. The van der Waals surface area contributed by atoms with Crippen molar-refractivity contribution in [2.75, 3.05) is 26.3 Å². The van der Waals surface area contributed by atoms with Crippen molar-refractivity contribution >= 4 is 38.9 Å². The standard InChI is InChI=1S/C21H20ClN3O4S2/c22-17-3-1-2-16(12-17)21-24-19(14-30-21)20(26)23-13-15-4-6-18(7-5-15)31(27,28)25-8-10-29-11-9-25/h1-7,12,14H,8-11,13H2,(H,23,26). The van der Waals surface area contributed by atoms with Crippen LogP contribution in [0.1, 0.15) is 16.1 Å². The summed E-state index contributed by atoms with van der Waals surface area (Å²) in [7, 11) is -3.53. The fourth-order valence-corrected chi connectivity index (χ4v) is 5.52. The maximum atomic E-state index is 12.7. The lowest BCUT2D eigenvalue weighted by molar-refractivity contribution is 0.0730. The number of benzene rings is 2. The van der Waals surface area contributed by atoms with Crippen LogP contribution in [0.15, 0.2) is 58.8 Å². The Hall–Kier alpha value is -2.30. The SMILES string of the molecule is O=C(NCc1ccc(S(=O)(=O)N2CCOCC2)cc1)c1csc(-c2cccc(Cl)c2)n1. The molecule has 2 heterocycles. The molecule has 1 amide bonds. The van der Waals surface area contributed by atoms with Gasteiger partial charge in [-0.1, -0.05) is 35.9 Å². The Morgan fingerprint density at radius 3 is 2.61 bits per heavy atom. The smallest absolute Gasteiger partial charge is 0.271 e. The molecule has 0 aliphatic carbocycles. The van der Waals surface area contributed by atoms with Crippen molar-refractivity contribution in [3.8, 4) is 10.6 Å². The summed E-state index contributed by atoms with van der Waals surface area (Å²) in [4.78, 5) is 17.1. The van der Waals surface area contributed by atoms with Gasteiger partial charge < -0.3 is 10.1 Å². The van der Waals surface area contributed by atoms with Gasteiger partial charge >= 0.3 is 0 Å². The fraction of sp³-hybridized carbons (Fsp3) is 0.238. The lowest BCUT2D eigenvalue weighted by Crippen LogP contribution is -2.40. The molecule has 0 atom stereocenters. The zero-order chi connectivity index (χ0) is 21.8. The quantitative estimate of drug-likeness (QED) is 0.587. The van der Waals surface area contributed by atoms with E-state index < -0.39 is 10.0 Å². The van der Waals surface area contributed by atoms with E-state index >= 15 is 0 Å². The van der Waals surface area contributed by atoms with Crippen LogP contribution in [-0.2, 0) is 21.3 Å². The number of hydrogen-bond acceptors (Lipinski definition) is 6. The van der Waals surface area contributed by atoms with Gasteiger partial charge in [-0.2, -0.15) is 4.31 Å². The summed E-state index contributed by atoms with van der Waals surface area (Å²) in [5.41, 5.74) is 1.97. The number of aromatic nitrogens is 1. The predicted octanol–water partition coefficient (Wildman–Crippen LogP) is 3.41. The topological polar surface area (TPSA) is 88.6 Å². The molecule has 2 aromatic carbocycles. The summed E-state index contributed by atoms with van der Waals surface area (Å²) in [5.74, 6) is -0.297. The minimum absolute atomic E-state index is 0.232. The summed E-state index contributed by atoms with van der Waals surface area (Å²) < 4.78 is 32.0. The van der Waals surface area contributed by atoms with Crippen molar-refractivity contribution < 1.29 is 17.9 Å². The molecule has 1 saturated heterocycles. The largest absolute Gasteiger partial charge is 0.379 e. The Morgan fingerprint density at radius 1 is 1.16 bits per heavy atom. The molecule has 1 aliphatic rings. The number of amides is 1. The highest BCUT2D eigenvalue weighted by Gasteiger charge is 2.26. The van der Waals surface area contributed by atoms with E-state index in [0.29, 0.717) is 42.0 Å². The van der Waals surface area contributed by atoms with Gasteiger partial charge in [-0.15, -0.1) is 11.3 Å². The minimum Gasteiger partial charge on any atom is -0.379 e. The number of nitrogens with one attached hydrogen (secondary N) is 1. The third-order valence-corrected chi connectivity index (χ3v) is 7.83. The first-order chi connectivity index (χ1) is 14.9. The Balaban J connectivity index is 1.38. The first-order valence-corrected chi connectivity index (χ1v) is 12.3. The van der Waals surface area contributed by atoms with E-state index in [1.807, 2.05) is 12.1 Å². The Kier molecular flexibility index (Phi) is 6.68. The summed E-state index contributed by atoms with van der Waals surface area (Å²) in [6.45, 7) is 1.77. The maximum Gasteiger partial charge on any atom is 0.271 e. The van der Waals surface area contributed by atoms with Crippen molar-refractivity contribution in [2.24, 2.45) is 0 Å². The number of rotatable bonds is 6. The molecular formula is C21H20ClN3O4S2. The lowest BCUT2D eigenvalue weighted by atomic mass is 10.2. The highest BCUT2D eigenvalue weighted by Crippen LogP contribution is 2.26. The molecule has 4 rings (SSSR count). The number of hydrogen-bond donors (Lipinski definition) is 1. The zero-order valence-electron chi connectivity index (χ0n) is 16.5. The second-order valence-electron chi connectivity index (χ2n) is 6.89. The summed E-state index contributed by atoms with van der Waals surface area (Å²) >= 11 is 7.39. The highest BCUT2D eigenvalue weighted by molar-refractivity contribution is 7.89. The van der Waals surface area contributed by atoms with E-state index in [0.717, 1.165) is 11.1 Å². The highest BCUT2D eigenvalue weighted by atomic mass is 35.5. The Morgan fingerprint density at radius 2 is 1.90 bits per heavy atom. The molecule has 0 unspecified atom stereocenters. The molecule has 7 nitrogen and oxygen atoms in total. The van der Waals surface area contributed by atoms with E-state index in [1.165, 1.54) is 15.6 Å². The number of halogens is 1. The van der Waals surface area contributed by atoms with Crippen molar-refractivity contribution in [1.29, 1.82) is 0 Å². The number of sulfonamides is 1. The van der Waals surface area contributed by atoms with Crippen molar-refractivity contribution in [3.63, 3.8) is 0 Å². The van der Waals surface area contributed by atoms with Crippen molar-refractivity contribution in [1.82, 2.24) is 14.6 Å². The molecule has 10 heteroatoms. The van der Waals surface area contributed by atoms with Gasteiger partial charge in [0, 0.05) is 35.6 Å². The van der Waals surface area contributed by atoms with Crippen molar-refractivity contribution in [3.05, 3.63) is 70.2 Å². The van der Waals surface area contributed by atoms with E-state index in [-0.39, 0.29) is 17.3 Å². The number of ether oxygens (including phenoxy) is 1. The first kappa shape index (κ1) is 21.9. The van der Waals surface area contributed by atoms with E-state index in [9.17, 15) is 13.2 Å². The minimum atomic E-state index is -3.53. The molecule has 0 bridgehead atoms. The van der Waals surface area contributed by atoms with Gasteiger partial charge in [0.15, 0.2) is 0 Å². The van der Waals surface area contributed by atoms with Gasteiger partial charge in [0.05, 0.1) is 18.1 Å². The molecule has 0 spiro atoms. The van der Waals surface area contributed by atoms with Crippen LogP contribution in [0, 0.1) is 0 Å². The lowest BCUT2D eigenvalue weighted by Gasteiger charge is -2.26. The monoisotopic (exact) mass is 477 g/mol. The molecule has 1 aliphatic heterocycles. The van der Waals surface area contributed by atoms with Crippen LogP contribution in [0.2, 0.25) is 5.02 Å². The molecule has 0 radical (unpaired) electrons. The van der Waals surface area contributed by atoms with Gasteiger partial charge in [0.1, 0.15) is 10.7 Å². The summed E-state index contributed by atoms with van der Waals surface area (Å²) in [6.07, 6.45) is 0. The van der Waals surface area contributed by atoms with E-state index in [4.69, 9.17) is 16.3 Å². The van der Waals surface area contributed by atoms with Crippen LogP contribution in [0.25, 0.3) is 10.6 Å². The summed E-state index contributed by atoms with van der Waals surface area (Å²) in [6, 6.07) is 13.8. The van der Waals surface area contributed by atoms with Gasteiger partial charge in [-0.05, 0) is 29.8 Å². The van der Waals surface area contributed by atoms with Gasteiger partial charge in [-0.3, -0.25) is 4.79 Å². The van der Waals surface area contributed by atoms with Crippen LogP contribution in [0.5, 0.6) is 0 Å². The molecule has 1 fully saturated rings. The van der Waals surface area contributed by atoms with Gasteiger partial charge in [0.2, 0.25) is 10.0 Å². The molecule has 3 aromatic rings. The molecule has 1 aromatic heterocycles. The van der Waals surface area contributed by atoms with Crippen LogP contribution in [0.3, 0.4) is 0 Å². The van der Waals surface area contributed by atoms with E-state index in [1.54, 1.807) is 41.8 Å². The second kappa shape index (κ2) is 9.46. The van der Waals surface area contributed by atoms with Crippen LogP contribution >= 0.6 is 22.9 Å². The normalized spacial score (nSPS) is 15.0. The molecule has 0 saturated carbocycles. The summed E-state index contributed by atoms with van der Waals surface area (Å²) in [5, 5.41) is 5.84. The average molecular weight is 478 g/mol. The Labute approximate surface area is 189 Å². The van der Waals surface area contributed by atoms with Crippen molar-refractivity contribution in [2.45, 2.75) is 11.4 Å². The second-order valence-corrected chi connectivity index (χ2v) is 10.1.